The highest BCUT2D eigenvalue weighted by Crippen LogP contribution is 2.49. The molecule has 120 valence electrons. The minimum atomic E-state index is -0.418. The molecule has 1 aromatic carbocycles. The van der Waals surface area contributed by atoms with Gasteiger partial charge in [0.25, 0.3) is 11.8 Å². The van der Waals surface area contributed by atoms with E-state index in [2.05, 4.69) is 0 Å². The Bertz CT molecular complexity index is 705. The van der Waals surface area contributed by atoms with Crippen molar-refractivity contribution >= 4 is 17.7 Å². The molecule has 3 aliphatic heterocycles. The number of carbonyl (C=O) groups is 3. The van der Waals surface area contributed by atoms with E-state index in [4.69, 9.17) is 0 Å². The number of fused-ring (bicyclic) bond motifs is 2. The zero-order valence-corrected chi connectivity index (χ0v) is 13.5. The van der Waals surface area contributed by atoms with Gasteiger partial charge in [0.1, 0.15) is 0 Å². The summed E-state index contributed by atoms with van der Waals surface area (Å²) in [5, 5.41) is 0. The average molecular weight is 312 g/mol. The molecule has 3 heterocycles. The lowest BCUT2D eigenvalue weighted by Crippen LogP contribution is -2.51. The number of imide groups is 1. The molecular formula is C18H20N2O3. The Labute approximate surface area is 135 Å². The standard InChI is InChI=1S/C18H20N2O3/c1-17(2)10-18(8-5-9-20(18)16(17)23)11-19-14(21)12-6-3-4-7-13(12)15(19)22/h3-4,6-7H,5,8-11H2,1-2H3/t18-/m1/s1. The Morgan fingerprint density at radius 3 is 2.26 bits per heavy atom. The third kappa shape index (κ3) is 1.82. The fraction of sp³-hybridized carbons (Fsp3) is 0.500. The van der Waals surface area contributed by atoms with Crippen LogP contribution in [0, 0.1) is 5.41 Å². The first-order chi connectivity index (χ1) is 10.9. The summed E-state index contributed by atoms with van der Waals surface area (Å²) in [6.45, 7) is 4.95. The van der Waals surface area contributed by atoms with Crippen LogP contribution in [0.25, 0.3) is 0 Å². The molecule has 1 atom stereocenters. The predicted octanol–water partition coefficient (Wildman–Crippen LogP) is 2.07. The summed E-state index contributed by atoms with van der Waals surface area (Å²) in [6, 6.07) is 6.94. The van der Waals surface area contributed by atoms with Gasteiger partial charge in [-0.2, -0.15) is 0 Å². The van der Waals surface area contributed by atoms with Crippen LogP contribution in [0.2, 0.25) is 0 Å². The molecule has 5 nitrogen and oxygen atoms in total. The van der Waals surface area contributed by atoms with E-state index in [1.165, 1.54) is 4.90 Å². The second-order valence-electron chi connectivity index (χ2n) is 7.59. The van der Waals surface area contributed by atoms with Crippen LogP contribution in [0.3, 0.4) is 0 Å². The van der Waals surface area contributed by atoms with Crippen molar-refractivity contribution < 1.29 is 14.4 Å². The summed E-state index contributed by atoms with van der Waals surface area (Å²) in [6.07, 6.45) is 2.49. The van der Waals surface area contributed by atoms with Gasteiger partial charge in [-0.3, -0.25) is 19.3 Å². The normalized spacial score (nSPS) is 28.5. The van der Waals surface area contributed by atoms with Crippen LogP contribution < -0.4 is 0 Å². The molecule has 3 amide bonds. The van der Waals surface area contributed by atoms with Crippen molar-refractivity contribution in [2.24, 2.45) is 5.41 Å². The SMILES string of the molecule is CC1(C)C[C@@]2(CN3C(=O)c4ccccc4C3=O)CCCN2C1=O. The monoisotopic (exact) mass is 312 g/mol. The maximum Gasteiger partial charge on any atom is 0.261 e. The lowest BCUT2D eigenvalue weighted by Gasteiger charge is -2.35. The van der Waals surface area contributed by atoms with Crippen molar-refractivity contribution in [3.05, 3.63) is 35.4 Å². The van der Waals surface area contributed by atoms with Crippen molar-refractivity contribution in [3.63, 3.8) is 0 Å². The molecule has 0 spiro atoms. The molecule has 2 saturated heterocycles. The molecule has 0 aliphatic carbocycles. The highest BCUT2D eigenvalue weighted by molar-refractivity contribution is 6.21. The van der Waals surface area contributed by atoms with Gasteiger partial charge in [-0.1, -0.05) is 26.0 Å². The van der Waals surface area contributed by atoms with Crippen LogP contribution in [0.4, 0.5) is 0 Å². The summed E-state index contributed by atoms with van der Waals surface area (Å²) < 4.78 is 0. The fourth-order valence-electron chi connectivity index (χ4n) is 4.60. The van der Waals surface area contributed by atoms with E-state index in [9.17, 15) is 14.4 Å². The number of rotatable bonds is 2. The van der Waals surface area contributed by atoms with Gasteiger partial charge in [0.15, 0.2) is 0 Å². The second kappa shape index (κ2) is 4.43. The van der Waals surface area contributed by atoms with Gasteiger partial charge >= 0.3 is 0 Å². The van der Waals surface area contributed by atoms with Crippen molar-refractivity contribution in [3.8, 4) is 0 Å². The molecule has 0 saturated carbocycles. The van der Waals surface area contributed by atoms with Gasteiger partial charge in [-0.15, -0.1) is 0 Å². The zero-order chi connectivity index (χ0) is 16.4. The molecule has 2 fully saturated rings. The predicted molar refractivity (Wildman–Crippen MR) is 83.9 cm³/mol. The van der Waals surface area contributed by atoms with E-state index in [1.807, 2.05) is 18.7 Å². The Balaban J connectivity index is 1.68. The van der Waals surface area contributed by atoms with Gasteiger partial charge in [-0.05, 0) is 31.4 Å². The summed E-state index contributed by atoms with van der Waals surface area (Å²) in [4.78, 5) is 41.1. The lowest BCUT2D eigenvalue weighted by molar-refractivity contribution is -0.135. The van der Waals surface area contributed by atoms with Crippen molar-refractivity contribution in [1.29, 1.82) is 0 Å². The lowest BCUT2D eigenvalue weighted by atomic mass is 9.81. The fourth-order valence-corrected chi connectivity index (χ4v) is 4.60. The average Bonchev–Trinajstić information content (AvgIpc) is 3.07. The van der Waals surface area contributed by atoms with Gasteiger partial charge in [0, 0.05) is 12.0 Å². The van der Waals surface area contributed by atoms with Crippen LogP contribution in [0.15, 0.2) is 24.3 Å². The van der Waals surface area contributed by atoms with Gasteiger partial charge in [-0.25, -0.2) is 0 Å². The molecular weight excluding hydrogens is 292 g/mol. The molecule has 0 unspecified atom stereocenters. The summed E-state index contributed by atoms with van der Waals surface area (Å²) in [5.74, 6) is -0.320. The van der Waals surface area contributed by atoms with Gasteiger partial charge in [0.05, 0.1) is 23.2 Å². The highest BCUT2D eigenvalue weighted by atomic mass is 16.2. The minimum absolute atomic E-state index is 0.145. The second-order valence-corrected chi connectivity index (χ2v) is 7.59. The van der Waals surface area contributed by atoms with Crippen LogP contribution in [0.5, 0.6) is 0 Å². The Kier molecular flexibility index (Phi) is 2.78. The van der Waals surface area contributed by atoms with E-state index in [0.717, 1.165) is 19.4 Å². The van der Waals surface area contributed by atoms with Crippen LogP contribution >= 0.6 is 0 Å². The molecule has 5 heteroatoms. The van der Waals surface area contributed by atoms with E-state index >= 15 is 0 Å². The molecule has 0 radical (unpaired) electrons. The van der Waals surface area contributed by atoms with Gasteiger partial charge in [0.2, 0.25) is 5.91 Å². The van der Waals surface area contributed by atoms with Crippen LogP contribution in [-0.4, -0.2) is 46.1 Å². The largest absolute Gasteiger partial charge is 0.335 e. The van der Waals surface area contributed by atoms with E-state index in [0.29, 0.717) is 24.1 Å². The maximum atomic E-state index is 12.6. The molecule has 0 bridgehead atoms. The van der Waals surface area contributed by atoms with Crippen molar-refractivity contribution in [1.82, 2.24) is 9.80 Å². The summed E-state index contributed by atoms with van der Waals surface area (Å²) in [7, 11) is 0. The highest BCUT2D eigenvalue weighted by Gasteiger charge is 2.58. The minimum Gasteiger partial charge on any atom is -0.335 e. The molecule has 0 aromatic heterocycles. The van der Waals surface area contributed by atoms with E-state index in [-0.39, 0.29) is 23.3 Å². The third-order valence-electron chi connectivity index (χ3n) is 5.52. The number of hydrogen-bond acceptors (Lipinski definition) is 3. The van der Waals surface area contributed by atoms with Gasteiger partial charge < -0.3 is 4.90 Å². The zero-order valence-electron chi connectivity index (χ0n) is 13.5. The quantitative estimate of drug-likeness (QED) is 0.786. The summed E-state index contributed by atoms with van der Waals surface area (Å²) >= 11 is 0. The number of hydrogen-bond donors (Lipinski definition) is 0. The maximum absolute atomic E-state index is 12.6. The summed E-state index contributed by atoms with van der Waals surface area (Å²) in [5.41, 5.74) is 0.150. The molecule has 1 aromatic rings. The van der Waals surface area contributed by atoms with E-state index < -0.39 is 5.41 Å². The smallest absolute Gasteiger partial charge is 0.261 e. The number of carbonyl (C=O) groups excluding carboxylic acids is 3. The Hall–Kier alpha value is -2.17. The molecule has 0 N–H and O–H groups in total. The van der Waals surface area contributed by atoms with Crippen LogP contribution in [0.1, 0.15) is 53.8 Å². The Morgan fingerprint density at radius 2 is 1.65 bits per heavy atom. The molecule has 3 aliphatic rings. The number of benzene rings is 1. The molecule has 4 rings (SSSR count). The van der Waals surface area contributed by atoms with E-state index in [1.54, 1.807) is 24.3 Å². The first-order valence-electron chi connectivity index (χ1n) is 8.13. The molecule has 23 heavy (non-hydrogen) atoms. The first-order valence-corrected chi connectivity index (χ1v) is 8.13. The number of amides is 3. The third-order valence-corrected chi connectivity index (χ3v) is 5.52. The van der Waals surface area contributed by atoms with Crippen molar-refractivity contribution in [2.75, 3.05) is 13.1 Å². The van der Waals surface area contributed by atoms with Crippen molar-refractivity contribution in [2.45, 2.75) is 38.6 Å². The topological polar surface area (TPSA) is 57.7 Å². The number of nitrogens with zero attached hydrogens (tertiary/aromatic N) is 2. The Morgan fingerprint density at radius 1 is 1.04 bits per heavy atom. The first kappa shape index (κ1) is 14.4. The van der Waals surface area contributed by atoms with Crippen LogP contribution in [-0.2, 0) is 4.79 Å².